The Bertz CT molecular complexity index is 1010. The molecule has 0 rings (SSSR count). The average Bonchev–Trinajstić information content (AvgIpc) is 3.21. The highest BCUT2D eigenvalue weighted by Gasteiger charge is 2.20. The molecule has 2 amide bonds. The van der Waals surface area contributed by atoms with Crippen molar-refractivity contribution < 1.29 is 4.79 Å². The van der Waals surface area contributed by atoms with Crippen molar-refractivity contribution in [2.45, 2.75) is 194 Å². The Hall–Kier alpha value is -3.65. The van der Waals surface area contributed by atoms with Gasteiger partial charge in [-0.25, -0.2) is 4.79 Å². The largest absolute Gasteiger partial charge is 0.370 e. The molecule has 14 N–H and O–H groups in total. The van der Waals surface area contributed by atoms with Gasteiger partial charge in [0.2, 0.25) is 0 Å². The second kappa shape index (κ2) is 43.4. The first-order valence-corrected chi connectivity index (χ1v) is 24.4. The summed E-state index contributed by atoms with van der Waals surface area (Å²) < 4.78 is 0. The van der Waals surface area contributed by atoms with Crippen molar-refractivity contribution in [1.29, 1.82) is 0 Å². The Morgan fingerprint density at radius 1 is 0.350 bits per heavy atom. The smallest absolute Gasteiger partial charge is 0.319 e. The normalized spacial score (nSPS) is 11.7. The number of rotatable bonds is 42. The Labute approximate surface area is 367 Å². The van der Waals surface area contributed by atoms with Crippen molar-refractivity contribution in [2.75, 3.05) is 65.4 Å². The fraction of sp³-hybridized carbons (Fsp3) is 0.889. The molecular weight excluding hydrogens is 753 g/mol. The number of aliphatic imine (C=N–C) groups is 4. The molecule has 0 atom stereocenters. The summed E-state index contributed by atoms with van der Waals surface area (Å²) in [5.41, 5.74) is 33.5. The van der Waals surface area contributed by atoms with Crippen LogP contribution in [0.5, 0.6) is 0 Å². The van der Waals surface area contributed by atoms with E-state index in [4.69, 9.17) is 34.4 Å². The number of nitrogens with two attached hydrogens (primary N) is 6. The van der Waals surface area contributed by atoms with Gasteiger partial charge in [0.1, 0.15) is 0 Å². The lowest BCUT2D eigenvalue weighted by Gasteiger charge is -2.31. The van der Waals surface area contributed by atoms with Crippen molar-refractivity contribution >= 4 is 29.9 Å². The van der Waals surface area contributed by atoms with Gasteiger partial charge < -0.3 is 54.8 Å². The summed E-state index contributed by atoms with van der Waals surface area (Å²) in [5, 5.41) is 6.11. The van der Waals surface area contributed by atoms with Crippen LogP contribution in [0.15, 0.2) is 20.0 Å². The van der Waals surface area contributed by atoms with E-state index in [0.29, 0.717) is 25.0 Å². The standard InChI is InChI=1S/C45H96N14O/c1-3-52-43(50)56-35-27-19-11-7-15-23-31-39-58(37-29-21-13-5-9-17-25-33-54-41(46)47)45(60)59(38-30-22-14-6-10-18-26-34-55-42(48)49)40-32-24-16-8-12-20-28-36-57-44(51)53-4-2/h3-40H2,1-2H3,(H4,46,47,54)(H4,48,49,55)(H3,50,52,56)(H3,51,53,57). The number of unbranched alkanes of at least 4 members (excludes halogenated alkanes) is 24. The number of nitrogens with zero attached hydrogens (tertiary/aromatic N) is 6. The molecule has 0 aliphatic rings. The Morgan fingerprint density at radius 3 is 0.800 bits per heavy atom. The number of nitrogens with one attached hydrogen (secondary N) is 2. The lowest BCUT2D eigenvalue weighted by molar-refractivity contribution is 0.148. The molecule has 0 aliphatic carbocycles. The van der Waals surface area contributed by atoms with E-state index in [1.54, 1.807) is 0 Å². The maximum atomic E-state index is 14.3. The number of guanidine groups is 4. The van der Waals surface area contributed by atoms with Gasteiger partial charge in [-0.05, 0) is 65.2 Å². The van der Waals surface area contributed by atoms with Crippen LogP contribution in [-0.4, -0.2) is 105 Å². The van der Waals surface area contributed by atoms with Gasteiger partial charge in [0.25, 0.3) is 0 Å². The molecule has 60 heavy (non-hydrogen) atoms. The van der Waals surface area contributed by atoms with Crippen LogP contribution in [0.3, 0.4) is 0 Å². The summed E-state index contributed by atoms with van der Waals surface area (Å²) in [7, 11) is 0. The fourth-order valence-electron chi connectivity index (χ4n) is 7.29. The van der Waals surface area contributed by atoms with Crippen LogP contribution >= 0.6 is 0 Å². The predicted molar refractivity (Wildman–Crippen MR) is 260 cm³/mol. The van der Waals surface area contributed by atoms with Crippen molar-refractivity contribution in [3.05, 3.63) is 0 Å². The molecule has 15 nitrogen and oxygen atoms in total. The van der Waals surface area contributed by atoms with Gasteiger partial charge in [-0.2, -0.15) is 0 Å². The molecule has 352 valence electrons. The van der Waals surface area contributed by atoms with Crippen molar-refractivity contribution in [2.24, 2.45) is 54.4 Å². The van der Waals surface area contributed by atoms with Crippen molar-refractivity contribution in [1.82, 2.24) is 20.4 Å². The molecule has 0 radical (unpaired) electrons. The Balaban J connectivity index is 5.11. The van der Waals surface area contributed by atoms with E-state index in [1.165, 1.54) is 89.9 Å². The van der Waals surface area contributed by atoms with Gasteiger partial charge in [-0.3, -0.25) is 20.0 Å². The number of carbonyl (C=O) groups is 1. The maximum absolute atomic E-state index is 14.3. The lowest BCUT2D eigenvalue weighted by Crippen LogP contribution is -2.45. The summed E-state index contributed by atoms with van der Waals surface area (Å²) >= 11 is 0. The third-order valence-corrected chi connectivity index (χ3v) is 10.8. The second-order valence-electron chi connectivity index (χ2n) is 16.4. The van der Waals surface area contributed by atoms with E-state index in [9.17, 15) is 4.79 Å². The van der Waals surface area contributed by atoms with Crippen LogP contribution in [0.4, 0.5) is 4.79 Å². The minimum Gasteiger partial charge on any atom is -0.370 e. The Kier molecular flexibility index (Phi) is 40.8. The predicted octanol–water partition coefficient (Wildman–Crippen LogP) is 7.03. The zero-order chi connectivity index (χ0) is 44.2. The maximum Gasteiger partial charge on any atom is 0.319 e. The second-order valence-corrected chi connectivity index (χ2v) is 16.4. The van der Waals surface area contributed by atoms with Gasteiger partial charge in [0.15, 0.2) is 23.8 Å². The molecule has 0 aromatic heterocycles. The van der Waals surface area contributed by atoms with Crippen LogP contribution in [-0.2, 0) is 0 Å². The zero-order valence-corrected chi connectivity index (χ0v) is 38.9. The molecule has 0 aromatic carbocycles. The highest BCUT2D eigenvalue weighted by molar-refractivity contribution is 5.78. The quantitative estimate of drug-likeness (QED) is 0.0178. The molecule has 0 spiro atoms. The van der Waals surface area contributed by atoms with Gasteiger partial charge in [-0.15, -0.1) is 0 Å². The van der Waals surface area contributed by atoms with Crippen LogP contribution < -0.4 is 45.0 Å². The third kappa shape index (κ3) is 39.8. The number of hydrogen-bond donors (Lipinski definition) is 8. The van der Waals surface area contributed by atoms with Crippen LogP contribution in [0.1, 0.15) is 194 Å². The molecule has 0 unspecified atom stereocenters. The van der Waals surface area contributed by atoms with Crippen molar-refractivity contribution in [3.8, 4) is 0 Å². The topological polar surface area (TPSA) is 253 Å². The molecule has 0 fully saturated rings. The van der Waals surface area contributed by atoms with Gasteiger partial charge in [-0.1, -0.05) is 128 Å². The summed E-state index contributed by atoms with van der Waals surface area (Å²) in [5.74, 6) is 1.45. The molecule has 15 heteroatoms. The molecule has 0 aromatic rings. The minimum atomic E-state index is 0.176. The molecule has 0 bridgehead atoms. The summed E-state index contributed by atoms with van der Waals surface area (Å²) in [6.45, 7) is 12.1. The highest BCUT2D eigenvalue weighted by atomic mass is 16.2. The monoisotopic (exact) mass is 849 g/mol. The SMILES string of the molecule is CCNC(N)=NCCCCCCCCCN(CCCCCCCCCN=C(N)N)C(=O)N(CCCCCCCCCN=C(N)N)CCCCCCCCCN=C(N)NCC. The average molecular weight is 849 g/mol. The summed E-state index contributed by atoms with van der Waals surface area (Å²) in [6.07, 6.45) is 32.3. The van der Waals surface area contributed by atoms with Crippen LogP contribution in [0, 0.1) is 0 Å². The van der Waals surface area contributed by atoms with E-state index >= 15 is 0 Å². The van der Waals surface area contributed by atoms with E-state index in [1.807, 2.05) is 13.8 Å². The lowest BCUT2D eigenvalue weighted by atomic mass is 10.1. The number of urea groups is 1. The van der Waals surface area contributed by atoms with Crippen LogP contribution in [0.25, 0.3) is 0 Å². The first kappa shape index (κ1) is 56.4. The molecular formula is C45H96N14O. The minimum absolute atomic E-state index is 0.176. The number of amides is 2. The van der Waals surface area contributed by atoms with E-state index < -0.39 is 0 Å². The number of hydrogen-bond acceptors (Lipinski definition) is 5. The van der Waals surface area contributed by atoms with E-state index in [2.05, 4.69) is 40.4 Å². The van der Waals surface area contributed by atoms with E-state index in [-0.39, 0.29) is 18.0 Å². The highest BCUT2D eigenvalue weighted by Crippen LogP contribution is 2.15. The number of carbonyl (C=O) groups excluding carboxylic acids is 1. The van der Waals surface area contributed by atoms with Gasteiger partial charge >= 0.3 is 6.03 Å². The Morgan fingerprint density at radius 2 is 0.567 bits per heavy atom. The first-order chi connectivity index (χ1) is 29.2. The van der Waals surface area contributed by atoms with E-state index in [0.717, 1.165) is 142 Å². The summed E-state index contributed by atoms with van der Waals surface area (Å²) in [4.78, 5) is 35.7. The third-order valence-electron chi connectivity index (χ3n) is 10.8. The fourth-order valence-corrected chi connectivity index (χ4v) is 7.29. The molecule has 0 saturated carbocycles. The van der Waals surface area contributed by atoms with Gasteiger partial charge in [0, 0.05) is 65.4 Å². The van der Waals surface area contributed by atoms with Gasteiger partial charge in [0.05, 0.1) is 0 Å². The molecule has 0 heterocycles. The zero-order valence-electron chi connectivity index (χ0n) is 38.9. The molecule has 0 aliphatic heterocycles. The molecule has 0 saturated heterocycles. The summed E-state index contributed by atoms with van der Waals surface area (Å²) in [6, 6.07) is 0.254. The van der Waals surface area contributed by atoms with Crippen molar-refractivity contribution in [3.63, 3.8) is 0 Å². The van der Waals surface area contributed by atoms with Crippen LogP contribution in [0.2, 0.25) is 0 Å². The first-order valence-electron chi connectivity index (χ1n) is 24.4.